The lowest BCUT2D eigenvalue weighted by molar-refractivity contribution is 0.0951. The van der Waals surface area contributed by atoms with E-state index in [9.17, 15) is 4.79 Å². The average molecular weight is 290 g/mol. The van der Waals surface area contributed by atoms with E-state index in [0.717, 1.165) is 6.54 Å². The molecule has 114 valence electrons. The van der Waals surface area contributed by atoms with Gasteiger partial charge in [0.25, 0.3) is 11.9 Å². The van der Waals surface area contributed by atoms with Crippen molar-refractivity contribution in [2.75, 3.05) is 6.54 Å². The summed E-state index contributed by atoms with van der Waals surface area (Å²) in [7, 11) is 0. The fourth-order valence-corrected chi connectivity index (χ4v) is 1.64. The Morgan fingerprint density at radius 1 is 1.52 bits per heavy atom. The van der Waals surface area contributed by atoms with Crippen LogP contribution in [0.3, 0.4) is 0 Å². The van der Waals surface area contributed by atoms with E-state index in [0.29, 0.717) is 17.3 Å². The van der Waals surface area contributed by atoms with Crippen LogP contribution >= 0.6 is 0 Å². The van der Waals surface area contributed by atoms with Gasteiger partial charge in [0.2, 0.25) is 0 Å². The van der Waals surface area contributed by atoms with Crippen molar-refractivity contribution in [3.05, 3.63) is 18.0 Å². The molecule has 7 heteroatoms. The lowest BCUT2D eigenvalue weighted by Gasteiger charge is -2.05. The molecule has 0 atom stereocenters. The van der Waals surface area contributed by atoms with E-state index < -0.39 is 0 Å². The first-order valence-corrected chi connectivity index (χ1v) is 7.03. The summed E-state index contributed by atoms with van der Waals surface area (Å²) in [6.07, 6.45) is 6.53. The van der Waals surface area contributed by atoms with Gasteiger partial charge in [0.15, 0.2) is 0 Å². The van der Waals surface area contributed by atoms with E-state index in [1.807, 2.05) is 13.8 Å². The van der Waals surface area contributed by atoms with Crippen LogP contribution in [0.1, 0.15) is 38.5 Å². The molecule has 7 nitrogen and oxygen atoms in total. The Bertz CT molecular complexity index is 551. The van der Waals surface area contributed by atoms with E-state index in [1.165, 1.54) is 31.6 Å². The number of amidine groups is 1. The largest absolute Gasteiger partial charge is 0.390 e. The van der Waals surface area contributed by atoms with Crippen LogP contribution < -0.4 is 11.1 Å². The number of carbonyl (C=O) groups is 1. The number of aliphatic imine (C=N–C) groups is 2. The number of rotatable bonds is 5. The Morgan fingerprint density at radius 3 is 2.71 bits per heavy atom. The minimum Gasteiger partial charge on any atom is -0.390 e. The predicted molar refractivity (Wildman–Crippen MR) is 83.8 cm³/mol. The van der Waals surface area contributed by atoms with Crippen LogP contribution in [0.4, 0.5) is 5.95 Å². The first kappa shape index (κ1) is 15.1. The summed E-state index contributed by atoms with van der Waals surface area (Å²) in [6.45, 7) is 4.62. The summed E-state index contributed by atoms with van der Waals surface area (Å²) < 4.78 is 0. The van der Waals surface area contributed by atoms with Crippen molar-refractivity contribution >= 4 is 24.0 Å². The van der Waals surface area contributed by atoms with Crippen molar-refractivity contribution in [2.45, 2.75) is 26.7 Å². The van der Waals surface area contributed by atoms with Crippen LogP contribution in [-0.2, 0) is 0 Å². The molecule has 2 rings (SSSR count). The van der Waals surface area contributed by atoms with E-state index in [-0.39, 0.29) is 19.2 Å². The number of carbonyl (C=O) groups excluding carboxylic acids is 1. The van der Waals surface area contributed by atoms with Crippen LogP contribution in [0.2, 0.25) is 0 Å². The fraction of sp³-hybridized carbons (Fsp3) is 0.500. The van der Waals surface area contributed by atoms with Crippen LogP contribution in [0.5, 0.6) is 0 Å². The van der Waals surface area contributed by atoms with E-state index >= 15 is 0 Å². The molecule has 1 aliphatic rings. The molecule has 0 bridgehead atoms. The lowest BCUT2D eigenvalue weighted by atomic mass is 10.2. The maximum Gasteiger partial charge on any atom is 0.254 e. The number of nitrogens with one attached hydrogen (secondary N) is 1. The van der Waals surface area contributed by atoms with Gasteiger partial charge in [-0.05, 0) is 18.8 Å². The van der Waals surface area contributed by atoms with Gasteiger partial charge in [-0.25, -0.2) is 15.0 Å². The van der Waals surface area contributed by atoms with Gasteiger partial charge in [-0.1, -0.05) is 13.8 Å². The second-order valence-corrected chi connectivity index (χ2v) is 5.33. The number of nitrogens with two attached hydrogens (primary N) is 1. The lowest BCUT2D eigenvalue weighted by Crippen LogP contribution is -2.25. The molecule has 1 fully saturated rings. The summed E-state index contributed by atoms with van der Waals surface area (Å²) in [5.74, 6) is 1.41. The maximum atomic E-state index is 11.9. The Morgan fingerprint density at radius 2 is 2.19 bits per heavy atom. The maximum absolute atomic E-state index is 11.9. The molecule has 3 N–H and O–H groups in total. The molecular weight excluding hydrogens is 268 g/mol. The van der Waals surface area contributed by atoms with Crippen molar-refractivity contribution in [1.82, 2.24) is 15.3 Å². The van der Waals surface area contributed by atoms with Gasteiger partial charge in [0, 0.05) is 26.3 Å². The topological polar surface area (TPSA) is 106 Å². The van der Waals surface area contributed by atoms with Crippen LogP contribution in [0, 0.1) is 11.8 Å². The number of aromatic nitrogens is 2. The SMILES string of the molecule is CC(C)/C(N=CN)=N\c1ncc(C(=O)NCC2CC2)cn1.[HH]. The molecule has 0 spiro atoms. The van der Waals surface area contributed by atoms with Gasteiger partial charge in [-0.2, -0.15) is 4.99 Å². The van der Waals surface area contributed by atoms with Gasteiger partial charge < -0.3 is 11.1 Å². The van der Waals surface area contributed by atoms with Crippen molar-refractivity contribution in [3.63, 3.8) is 0 Å². The predicted octanol–water partition coefficient (Wildman–Crippen LogP) is 1.54. The molecule has 21 heavy (non-hydrogen) atoms. The van der Waals surface area contributed by atoms with Gasteiger partial charge >= 0.3 is 0 Å². The number of nitrogens with zero attached hydrogens (tertiary/aromatic N) is 4. The Balaban J connectivity index is 0.00000242. The monoisotopic (exact) mass is 290 g/mol. The summed E-state index contributed by atoms with van der Waals surface area (Å²) in [5, 5.41) is 2.86. The van der Waals surface area contributed by atoms with Crippen LogP contribution in [0.15, 0.2) is 22.4 Å². The number of hydrogen-bond donors (Lipinski definition) is 2. The molecule has 0 saturated heterocycles. The second kappa shape index (κ2) is 6.92. The molecule has 1 aromatic heterocycles. The molecule has 0 unspecified atom stereocenters. The van der Waals surface area contributed by atoms with E-state index in [4.69, 9.17) is 5.73 Å². The number of amides is 1. The highest BCUT2D eigenvalue weighted by Crippen LogP contribution is 2.27. The Hall–Kier alpha value is -2.31. The zero-order chi connectivity index (χ0) is 15.2. The molecule has 1 aliphatic carbocycles. The second-order valence-electron chi connectivity index (χ2n) is 5.33. The third-order valence-electron chi connectivity index (χ3n) is 3.09. The molecular formula is C14H22N6O. The minimum absolute atomic E-state index is 0. The first-order valence-electron chi connectivity index (χ1n) is 7.03. The molecule has 1 aromatic rings. The smallest absolute Gasteiger partial charge is 0.254 e. The normalized spacial score (nSPS) is 15.7. The zero-order valence-corrected chi connectivity index (χ0v) is 12.3. The van der Waals surface area contributed by atoms with Crippen LogP contribution in [-0.4, -0.2) is 34.6 Å². The third-order valence-corrected chi connectivity index (χ3v) is 3.09. The molecule has 0 radical (unpaired) electrons. The molecule has 1 saturated carbocycles. The van der Waals surface area contributed by atoms with Crippen molar-refractivity contribution in [1.29, 1.82) is 0 Å². The highest BCUT2D eigenvalue weighted by atomic mass is 16.1. The van der Waals surface area contributed by atoms with Gasteiger partial charge in [-0.3, -0.25) is 4.79 Å². The standard InChI is InChI=1S/C14H20N6O.H2/c1-9(2)12(19-8-15)20-14-17-6-11(7-18-14)13(21)16-5-10-3-4-10;/h6-10H,3-5H2,1-2H3,(H,16,21)(H2,15,17,18,19,20);1H. The Labute approximate surface area is 125 Å². The van der Waals surface area contributed by atoms with Crippen molar-refractivity contribution < 1.29 is 6.22 Å². The fourth-order valence-electron chi connectivity index (χ4n) is 1.64. The Kier molecular flexibility index (Phi) is 4.97. The van der Waals surface area contributed by atoms with E-state index in [2.05, 4.69) is 25.3 Å². The first-order chi connectivity index (χ1) is 10.1. The molecule has 1 heterocycles. The summed E-state index contributed by atoms with van der Waals surface area (Å²) in [6, 6.07) is 0. The summed E-state index contributed by atoms with van der Waals surface area (Å²) in [5.41, 5.74) is 5.71. The van der Waals surface area contributed by atoms with Crippen LogP contribution in [0.25, 0.3) is 0 Å². The number of hydrogen-bond acceptors (Lipinski definition) is 4. The molecule has 0 aromatic carbocycles. The van der Waals surface area contributed by atoms with Gasteiger partial charge in [0.1, 0.15) is 5.84 Å². The molecule has 1 amide bonds. The van der Waals surface area contributed by atoms with Gasteiger partial charge in [0.05, 0.1) is 11.9 Å². The highest BCUT2D eigenvalue weighted by molar-refractivity contribution is 5.94. The van der Waals surface area contributed by atoms with E-state index in [1.54, 1.807) is 0 Å². The summed E-state index contributed by atoms with van der Waals surface area (Å²) in [4.78, 5) is 28.2. The zero-order valence-electron chi connectivity index (χ0n) is 12.3. The van der Waals surface area contributed by atoms with Crippen molar-refractivity contribution in [3.8, 4) is 0 Å². The highest BCUT2D eigenvalue weighted by Gasteiger charge is 2.22. The summed E-state index contributed by atoms with van der Waals surface area (Å²) >= 11 is 0. The minimum atomic E-state index is -0.151. The van der Waals surface area contributed by atoms with Gasteiger partial charge in [-0.15, -0.1) is 0 Å². The average Bonchev–Trinajstić information content (AvgIpc) is 3.29. The quantitative estimate of drug-likeness (QED) is 0.633. The third kappa shape index (κ3) is 4.62. The molecule has 0 aliphatic heterocycles. The van der Waals surface area contributed by atoms with Crippen molar-refractivity contribution in [2.24, 2.45) is 27.6 Å².